The minimum atomic E-state index is -0.832. The predicted octanol–water partition coefficient (Wildman–Crippen LogP) is 6.26. The predicted molar refractivity (Wildman–Crippen MR) is 136 cm³/mol. The molecule has 0 saturated carbocycles. The first kappa shape index (κ1) is 32.1. The van der Waals surface area contributed by atoms with Crippen molar-refractivity contribution in [3.63, 3.8) is 0 Å². The number of nitrogens with zero attached hydrogens (tertiary/aromatic N) is 1. The number of hydrogen-bond donors (Lipinski definition) is 3. The Bertz CT molecular complexity index is 525. The lowest BCUT2D eigenvalue weighted by Gasteiger charge is -2.39. The molecule has 0 spiro atoms. The van der Waals surface area contributed by atoms with E-state index in [1.807, 2.05) is 0 Å². The minimum absolute atomic E-state index is 0.0846. The number of carboxylic acid groups (broad SMARTS) is 3. The molecule has 34 heavy (non-hydrogen) atoms. The van der Waals surface area contributed by atoms with Gasteiger partial charge in [0, 0.05) is 19.3 Å². The van der Waals surface area contributed by atoms with Gasteiger partial charge in [-0.25, -0.2) is 0 Å². The number of rotatable bonds is 25. The van der Waals surface area contributed by atoms with Gasteiger partial charge in [-0.2, -0.15) is 0 Å². The van der Waals surface area contributed by atoms with Gasteiger partial charge >= 0.3 is 17.9 Å². The first-order valence-corrected chi connectivity index (χ1v) is 13.5. The summed E-state index contributed by atoms with van der Waals surface area (Å²) in [5, 5.41) is 27.1. The molecule has 0 amide bonds. The number of carboxylic acids is 3. The molecule has 198 valence electrons. The molecule has 0 aliphatic heterocycles. The molecule has 0 rings (SSSR count). The minimum Gasteiger partial charge on any atom is -0.481 e. The maximum absolute atomic E-state index is 11.0. The van der Waals surface area contributed by atoms with E-state index in [9.17, 15) is 14.4 Å². The van der Waals surface area contributed by atoms with Crippen molar-refractivity contribution in [2.45, 2.75) is 116 Å². The molecule has 0 fully saturated rings. The summed E-state index contributed by atoms with van der Waals surface area (Å²) in [4.78, 5) is 33.0. The fourth-order valence-corrected chi connectivity index (χ4v) is 4.53. The highest BCUT2D eigenvalue weighted by Crippen LogP contribution is 2.18. The molecule has 0 aliphatic carbocycles. The molecular weight excluding hydrogens is 434 g/mol. The zero-order chi connectivity index (χ0) is 25.5. The van der Waals surface area contributed by atoms with Crippen LogP contribution in [0.15, 0.2) is 12.2 Å². The monoisotopic (exact) mass is 484 g/mol. The van der Waals surface area contributed by atoms with Crippen LogP contribution in [0.4, 0.5) is 0 Å². The molecule has 3 N–H and O–H groups in total. The van der Waals surface area contributed by atoms with Crippen LogP contribution in [-0.2, 0) is 14.4 Å². The normalized spacial score (nSPS) is 11.8. The van der Waals surface area contributed by atoms with Crippen LogP contribution >= 0.6 is 0 Å². The van der Waals surface area contributed by atoms with E-state index in [1.165, 1.54) is 38.5 Å². The third-order valence-electron chi connectivity index (χ3n) is 6.46. The number of carbonyl (C=O) groups is 3. The third-order valence-corrected chi connectivity index (χ3v) is 6.46. The summed E-state index contributed by atoms with van der Waals surface area (Å²) in [6, 6.07) is 0. The first-order valence-electron chi connectivity index (χ1n) is 13.5. The fourth-order valence-electron chi connectivity index (χ4n) is 4.53. The van der Waals surface area contributed by atoms with Crippen molar-refractivity contribution in [1.82, 2.24) is 0 Å². The van der Waals surface area contributed by atoms with Crippen molar-refractivity contribution in [1.29, 1.82) is 0 Å². The number of quaternary nitrogens is 1. The standard InChI is InChI=1S/C27H49NO6/c1-2-3-4-5-6-7-8-9-10-11-12-13-14-21-28(22-15-18-25(29)30,23-16-19-26(31)32)24-17-20-27(33)34/h9-10H,2-8,11-24H2,1H3,(H2-,29,30,31,32,33,34)/p+1/b10-9+. The largest absolute Gasteiger partial charge is 0.481 e. The van der Waals surface area contributed by atoms with Crippen molar-refractivity contribution < 1.29 is 34.2 Å². The Morgan fingerprint density at radius 1 is 0.529 bits per heavy atom. The van der Waals surface area contributed by atoms with E-state index in [2.05, 4.69) is 19.1 Å². The third kappa shape index (κ3) is 20.7. The molecule has 0 radical (unpaired) electrons. The van der Waals surface area contributed by atoms with Crippen molar-refractivity contribution in [2.75, 3.05) is 26.2 Å². The van der Waals surface area contributed by atoms with Crippen molar-refractivity contribution in [3.8, 4) is 0 Å². The van der Waals surface area contributed by atoms with Crippen LogP contribution in [0.3, 0.4) is 0 Å². The molecular formula is C27H50NO6+. The van der Waals surface area contributed by atoms with Crippen molar-refractivity contribution in [2.24, 2.45) is 0 Å². The number of unbranched alkanes of at least 4 members (excludes halogenated alkanes) is 9. The Kier molecular flexibility index (Phi) is 20.4. The second kappa shape index (κ2) is 21.6. The summed E-state index contributed by atoms with van der Waals surface area (Å²) in [6.45, 7) is 5.05. The zero-order valence-corrected chi connectivity index (χ0v) is 21.5. The Morgan fingerprint density at radius 3 is 1.29 bits per heavy atom. The summed E-state index contributed by atoms with van der Waals surface area (Å²) in [5.41, 5.74) is 0. The summed E-state index contributed by atoms with van der Waals surface area (Å²) in [7, 11) is 0. The fraction of sp³-hybridized carbons (Fsp3) is 0.815. The summed E-state index contributed by atoms with van der Waals surface area (Å²) in [5.74, 6) is -2.49. The molecule has 0 aromatic rings. The Morgan fingerprint density at radius 2 is 0.882 bits per heavy atom. The second-order valence-corrected chi connectivity index (χ2v) is 9.61. The average molecular weight is 485 g/mol. The van der Waals surface area contributed by atoms with E-state index in [4.69, 9.17) is 15.3 Å². The lowest BCUT2D eigenvalue weighted by atomic mass is 10.1. The van der Waals surface area contributed by atoms with Crippen LogP contribution in [0.2, 0.25) is 0 Å². The first-order chi connectivity index (χ1) is 16.3. The lowest BCUT2D eigenvalue weighted by Crippen LogP contribution is -2.51. The smallest absolute Gasteiger partial charge is 0.303 e. The van der Waals surface area contributed by atoms with E-state index < -0.39 is 17.9 Å². The van der Waals surface area contributed by atoms with Crippen LogP contribution in [0, 0.1) is 0 Å². The van der Waals surface area contributed by atoms with Crippen molar-refractivity contribution in [3.05, 3.63) is 12.2 Å². The molecule has 0 aromatic heterocycles. The zero-order valence-electron chi connectivity index (χ0n) is 21.5. The number of aliphatic carboxylic acids is 3. The summed E-state index contributed by atoms with van der Waals surface area (Å²) >= 11 is 0. The number of allylic oxidation sites excluding steroid dienone is 2. The van der Waals surface area contributed by atoms with Crippen LogP contribution in [0.5, 0.6) is 0 Å². The van der Waals surface area contributed by atoms with Gasteiger partial charge in [-0.05, 0) is 38.5 Å². The Balaban J connectivity index is 4.51. The van der Waals surface area contributed by atoms with E-state index in [-0.39, 0.29) is 19.3 Å². The quantitative estimate of drug-likeness (QED) is 0.0800. The molecule has 0 bridgehead atoms. The van der Waals surface area contributed by atoms with E-state index in [0.29, 0.717) is 43.4 Å². The van der Waals surface area contributed by atoms with Gasteiger partial charge in [0.25, 0.3) is 0 Å². The molecule has 0 saturated heterocycles. The lowest BCUT2D eigenvalue weighted by molar-refractivity contribution is -0.929. The van der Waals surface area contributed by atoms with Gasteiger partial charge in [0.1, 0.15) is 0 Å². The van der Waals surface area contributed by atoms with E-state index >= 15 is 0 Å². The maximum Gasteiger partial charge on any atom is 0.303 e. The summed E-state index contributed by atoms with van der Waals surface area (Å²) in [6.07, 6.45) is 19.7. The van der Waals surface area contributed by atoms with Gasteiger partial charge in [0.15, 0.2) is 0 Å². The maximum atomic E-state index is 11.0. The molecule has 0 heterocycles. The second-order valence-electron chi connectivity index (χ2n) is 9.61. The van der Waals surface area contributed by atoms with Gasteiger partial charge in [0.05, 0.1) is 45.4 Å². The highest BCUT2D eigenvalue weighted by atomic mass is 16.4. The summed E-state index contributed by atoms with van der Waals surface area (Å²) < 4.78 is 0.627. The SMILES string of the molecule is CCCCCCCC/C=C/CCCCC[N+](CCCC(=O)O)(CCCC(=O)O)CCCC(=O)O. The van der Waals surface area contributed by atoms with Gasteiger partial charge in [0.2, 0.25) is 0 Å². The van der Waals surface area contributed by atoms with Crippen LogP contribution in [-0.4, -0.2) is 63.9 Å². The van der Waals surface area contributed by atoms with Crippen LogP contribution in [0.1, 0.15) is 116 Å². The highest BCUT2D eigenvalue weighted by Gasteiger charge is 2.27. The van der Waals surface area contributed by atoms with Crippen molar-refractivity contribution >= 4 is 17.9 Å². The average Bonchev–Trinajstić information content (AvgIpc) is 2.76. The Labute approximate surface area is 206 Å². The van der Waals surface area contributed by atoms with Gasteiger partial charge < -0.3 is 19.8 Å². The van der Waals surface area contributed by atoms with Gasteiger partial charge in [-0.1, -0.05) is 51.2 Å². The van der Waals surface area contributed by atoms with E-state index in [0.717, 1.165) is 38.6 Å². The molecule has 7 heteroatoms. The van der Waals surface area contributed by atoms with Gasteiger partial charge in [-0.15, -0.1) is 0 Å². The topological polar surface area (TPSA) is 112 Å². The van der Waals surface area contributed by atoms with E-state index in [1.54, 1.807) is 0 Å². The van der Waals surface area contributed by atoms with Gasteiger partial charge in [-0.3, -0.25) is 14.4 Å². The molecule has 0 atom stereocenters. The number of hydrogen-bond acceptors (Lipinski definition) is 3. The van der Waals surface area contributed by atoms with Crippen LogP contribution < -0.4 is 0 Å². The molecule has 0 aliphatic rings. The molecule has 0 unspecified atom stereocenters. The van der Waals surface area contributed by atoms with Crippen LogP contribution in [0.25, 0.3) is 0 Å². The highest BCUT2D eigenvalue weighted by molar-refractivity contribution is 5.67. The molecule has 7 nitrogen and oxygen atoms in total. The Hall–Kier alpha value is -1.89. The molecule has 0 aromatic carbocycles.